The zero-order chi connectivity index (χ0) is 20.3. The van der Waals surface area contributed by atoms with E-state index in [0.29, 0.717) is 0 Å². The van der Waals surface area contributed by atoms with Gasteiger partial charge in [0.25, 0.3) is 0 Å². The van der Waals surface area contributed by atoms with Gasteiger partial charge in [0.05, 0.1) is 11.9 Å². The third-order valence-corrected chi connectivity index (χ3v) is 3.73. The molecule has 3 heterocycles. The average molecular weight is 389 g/mol. The first-order valence-corrected chi connectivity index (χ1v) is 7.89. The molecular weight excluding hydrogens is 375 g/mol. The molecule has 0 aliphatic rings. The molecule has 144 valence electrons. The summed E-state index contributed by atoms with van der Waals surface area (Å²) in [5, 5.41) is 12.6. The predicted octanol–water partition coefficient (Wildman–Crippen LogP) is 3.63. The summed E-state index contributed by atoms with van der Waals surface area (Å²) in [7, 11) is 0. The third kappa shape index (κ3) is 4.11. The Morgan fingerprint density at radius 1 is 1.18 bits per heavy atom. The number of anilines is 1. The lowest BCUT2D eigenvalue weighted by Crippen LogP contribution is -2.21. The van der Waals surface area contributed by atoms with Crippen LogP contribution in [0.3, 0.4) is 0 Å². The van der Waals surface area contributed by atoms with Gasteiger partial charge >= 0.3 is 12.1 Å². The number of benzene rings is 1. The van der Waals surface area contributed by atoms with Crippen molar-refractivity contribution < 1.29 is 23.1 Å². The van der Waals surface area contributed by atoms with Gasteiger partial charge < -0.3 is 15.8 Å². The van der Waals surface area contributed by atoms with E-state index in [1.54, 1.807) is 6.20 Å². The Kier molecular flexibility index (Phi) is 5.03. The summed E-state index contributed by atoms with van der Waals surface area (Å²) in [6, 6.07) is 11.7. The minimum absolute atomic E-state index is 0.747. The highest BCUT2D eigenvalue weighted by Gasteiger charge is 2.38. The second-order valence-electron chi connectivity index (χ2n) is 5.67. The highest BCUT2D eigenvalue weighted by molar-refractivity contribution is 5.84. The molecule has 4 N–H and O–H groups in total. The number of carboxylic acid groups (broad SMARTS) is 1. The normalized spacial score (nSPS) is 11.1. The number of fused-ring (bicyclic) bond motifs is 1. The van der Waals surface area contributed by atoms with E-state index in [1.165, 1.54) is 0 Å². The minimum atomic E-state index is -5.08. The van der Waals surface area contributed by atoms with Crippen molar-refractivity contribution in [2.45, 2.75) is 6.18 Å². The number of alkyl halides is 3. The molecule has 0 bridgehead atoms. The van der Waals surface area contributed by atoms with Crippen LogP contribution in [0.15, 0.2) is 61.2 Å². The highest BCUT2D eigenvalue weighted by atomic mass is 19.4. The van der Waals surface area contributed by atoms with Crippen LogP contribution in [-0.4, -0.2) is 37.0 Å². The molecule has 0 radical (unpaired) electrons. The summed E-state index contributed by atoms with van der Waals surface area (Å²) < 4.78 is 33.6. The van der Waals surface area contributed by atoms with Crippen molar-refractivity contribution in [2.75, 3.05) is 5.73 Å². The van der Waals surface area contributed by atoms with E-state index in [4.69, 9.17) is 15.6 Å². The van der Waals surface area contributed by atoms with Crippen molar-refractivity contribution in [3.05, 3.63) is 61.2 Å². The molecule has 4 aromatic rings. The Labute approximate surface area is 156 Å². The van der Waals surface area contributed by atoms with Crippen molar-refractivity contribution in [3.8, 4) is 16.8 Å². The van der Waals surface area contributed by atoms with E-state index in [-0.39, 0.29) is 0 Å². The topological polar surface area (TPSA) is 110 Å². The number of H-pyrrole nitrogens is 1. The molecule has 0 saturated carbocycles. The van der Waals surface area contributed by atoms with Gasteiger partial charge in [-0.1, -0.05) is 12.1 Å². The number of rotatable bonds is 2. The molecule has 10 heteroatoms. The van der Waals surface area contributed by atoms with Gasteiger partial charge in [-0.2, -0.15) is 18.3 Å². The lowest BCUT2D eigenvalue weighted by atomic mass is 10.1. The monoisotopic (exact) mass is 389 g/mol. The van der Waals surface area contributed by atoms with E-state index in [2.05, 4.69) is 15.1 Å². The van der Waals surface area contributed by atoms with Crippen LogP contribution in [0.2, 0.25) is 0 Å². The summed E-state index contributed by atoms with van der Waals surface area (Å²) >= 11 is 0. The molecule has 7 nitrogen and oxygen atoms in total. The van der Waals surface area contributed by atoms with E-state index in [1.807, 2.05) is 59.7 Å². The number of carboxylic acids is 1. The molecule has 0 spiro atoms. The zero-order valence-corrected chi connectivity index (χ0v) is 14.2. The average Bonchev–Trinajstić information content (AvgIpc) is 3.31. The maximum atomic E-state index is 10.6. The molecule has 0 fully saturated rings. The van der Waals surface area contributed by atoms with Gasteiger partial charge in [0, 0.05) is 35.2 Å². The maximum absolute atomic E-state index is 10.6. The van der Waals surface area contributed by atoms with E-state index in [0.717, 1.165) is 33.5 Å². The molecule has 4 rings (SSSR count). The molecule has 28 heavy (non-hydrogen) atoms. The van der Waals surface area contributed by atoms with Crippen LogP contribution in [0.5, 0.6) is 0 Å². The number of hydrogen-bond donors (Lipinski definition) is 3. The molecular formula is C18H14F3N5O2. The summed E-state index contributed by atoms with van der Waals surface area (Å²) in [4.78, 5) is 16.3. The fourth-order valence-electron chi connectivity index (χ4n) is 2.47. The number of aromatic nitrogens is 4. The van der Waals surface area contributed by atoms with Crippen molar-refractivity contribution in [1.29, 1.82) is 0 Å². The van der Waals surface area contributed by atoms with Gasteiger partial charge in [-0.25, -0.2) is 14.5 Å². The quantitative estimate of drug-likeness (QED) is 0.454. The number of nitrogens with one attached hydrogen (secondary N) is 1. The summed E-state index contributed by atoms with van der Waals surface area (Å²) in [5.74, 6) is -2.76. The first-order valence-electron chi connectivity index (χ1n) is 7.89. The smallest absolute Gasteiger partial charge is 0.475 e. The van der Waals surface area contributed by atoms with Gasteiger partial charge in [0.1, 0.15) is 5.65 Å². The first-order chi connectivity index (χ1) is 13.3. The van der Waals surface area contributed by atoms with Crippen LogP contribution < -0.4 is 5.73 Å². The van der Waals surface area contributed by atoms with Gasteiger partial charge in [0.15, 0.2) is 0 Å². The Morgan fingerprint density at radius 2 is 1.93 bits per heavy atom. The Balaban J connectivity index is 0.000000279. The van der Waals surface area contributed by atoms with Crippen molar-refractivity contribution in [3.63, 3.8) is 0 Å². The first kappa shape index (κ1) is 19.0. The molecule has 0 saturated heterocycles. The number of nitrogen functional groups attached to an aromatic ring is 1. The van der Waals surface area contributed by atoms with Crippen LogP contribution in [0.25, 0.3) is 27.8 Å². The van der Waals surface area contributed by atoms with Gasteiger partial charge in [0.2, 0.25) is 0 Å². The van der Waals surface area contributed by atoms with Crippen LogP contribution in [-0.2, 0) is 4.79 Å². The van der Waals surface area contributed by atoms with Crippen molar-refractivity contribution in [2.24, 2.45) is 0 Å². The van der Waals surface area contributed by atoms with Crippen LogP contribution in [0.1, 0.15) is 0 Å². The number of nitrogens with zero attached hydrogens (tertiary/aromatic N) is 3. The number of aromatic amines is 1. The molecule has 0 amide bonds. The minimum Gasteiger partial charge on any atom is -0.475 e. The second kappa shape index (κ2) is 7.43. The van der Waals surface area contributed by atoms with Crippen LogP contribution in [0.4, 0.5) is 18.9 Å². The van der Waals surface area contributed by atoms with Gasteiger partial charge in [-0.05, 0) is 29.8 Å². The number of hydrogen-bond acceptors (Lipinski definition) is 4. The summed E-state index contributed by atoms with van der Waals surface area (Å²) in [5.41, 5.74) is 10.5. The summed E-state index contributed by atoms with van der Waals surface area (Å²) in [6.07, 6.45) is 2.41. The van der Waals surface area contributed by atoms with Gasteiger partial charge in [-0.15, -0.1) is 0 Å². The number of carbonyl (C=O) groups is 1. The third-order valence-electron chi connectivity index (χ3n) is 3.73. The lowest BCUT2D eigenvalue weighted by molar-refractivity contribution is -0.192. The molecule has 0 unspecified atom stereocenters. The number of halogens is 3. The maximum Gasteiger partial charge on any atom is 0.490 e. The molecule has 1 aromatic carbocycles. The van der Waals surface area contributed by atoms with Crippen molar-refractivity contribution in [1.82, 2.24) is 19.7 Å². The van der Waals surface area contributed by atoms with Crippen molar-refractivity contribution >= 4 is 22.7 Å². The summed E-state index contributed by atoms with van der Waals surface area (Å²) in [6.45, 7) is 0. The molecule has 0 atom stereocenters. The van der Waals surface area contributed by atoms with Gasteiger partial charge in [-0.3, -0.25) is 0 Å². The van der Waals surface area contributed by atoms with E-state index in [9.17, 15) is 13.2 Å². The van der Waals surface area contributed by atoms with E-state index < -0.39 is 12.1 Å². The fraction of sp³-hybridized carbons (Fsp3) is 0.0556. The predicted molar refractivity (Wildman–Crippen MR) is 96.8 cm³/mol. The number of aliphatic carboxylic acids is 1. The largest absolute Gasteiger partial charge is 0.490 e. The fourth-order valence-corrected chi connectivity index (χ4v) is 2.47. The Hall–Kier alpha value is -3.82. The van der Waals surface area contributed by atoms with E-state index >= 15 is 0 Å². The lowest BCUT2D eigenvalue weighted by Gasteiger charge is -2.02. The second-order valence-corrected chi connectivity index (χ2v) is 5.67. The standard InChI is InChI=1S/C16H13N5.C2HF3O2/c17-13-3-1-2-11(8-13)12-9-20-21(10-12)15-5-7-19-16-14(15)4-6-18-16;3-2(4,5)1(6)7/h1-10H,17H2,(H,18,19);(H,6,7). The van der Waals surface area contributed by atoms with Crippen LogP contribution in [0, 0.1) is 0 Å². The molecule has 3 aromatic heterocycles. The number of pyridine rings is 1. The van der Waals surface area contributed by atoms with Crippen LogP contribution >= 0.6 is 0 Å². The Bertz CT molecular complexity index is 1120. The number of nitrogens with two attached hydrogens (primary N) is 1. The molecule has 0 aliphatic heterocycles. The highest BCUT2D eigenvalue weighted by Crippen LogP contribution is 2.24. The zero-order valence-electron chi connectivity index (χ0n) is 14.2. The molecule has 0 aliphatic carbocycles. The SMILES string of the molecule is Nc1cccc(-c2cnn(-c3ccnc4[nH]ccc34)c2)c1.O=C(O)C(F)(F)F. The Morgan fingerprint density at radius 3 is 2.61 bits per heavy atom.